The normalized spacial score (nSPS) is 11.3. The largest absolute Gasteiger partial charge is 0.326 e. The number of carbonyl (C=O) groups is 4. The van der Waals surface area contributed by atoms with Crippen LogP contribution in [-0.4, -0.2) is 33.6 Å². The Kier molecular flexibility index (Phi) is 11.2. The average Bonchev–Trinajstić information content (AvgIpc) is 3.18. The minimum absolute atomic E-state index is 0.141. The van der Waals surface area contributed by atoms with E-state index in [-0.39, 0.29) is 23.6 Å². The zero-order chi connectivity index (χ0) is 40.0. The van der Waals surface area contributed by atoms with Gasteiger partial charge in [-0.15, -0.1) is 0 Å². The Morgan fingerprint density at radius 3 is 1.21 bits per heavy atom. The molecule has 6 aromatic rings. The second kappa shape index (κ2) is 16.2. The molecule has 4 amide bonds. The average molecular weight is 745 g/mol. The molecule has 0 aliphatic heterocycles. The van der Waals surface area contributed by atoms with Crippen LogP contribution in [0.25, 0.3) is 33.9 Å². The van der Waals surface area contributed by atoms with Gasteiger partial charge in [-0.1, -0.05) is 108 Å². The molecule has 0 saturated heterocycles. The second-order valence-electron chi connectivity index (χ2n) is 15.5. The molecule has 1 aromatic heterocycles. The summed E-state index contributed by atoms with van der Waals surface area (Å²) < 4.78 is 0. The van der Waals surface area contributed by atoms with Crippen molar-refractivity contribution in [1.82, 2.24) is 9.97 Å². The van der Waals surface area contributed by atoms with Gasteiger partial charge in [0.2, 0.25) is 11.8 Å². The Morgan fingerprint density at radius 1 is 0.411 bits per heavy atom. The molecule has 4 N–H and O–H groups in total. The van der Waals surface area contributed by atoms with Gasteiger partial charge in [-0.25, -0.2) is 9.97 Å². The van der Waals surface area contributed by atoms with Crippen LogP contribution in [0.4, 0.5) is 22.7 Å². The van der Waals surface area contributed by atoms with Gasteiger partial charge in [-0.05, 0) is 66.7 Å². The van der Waals surface area contributed by atoms with Crippen molar-refractivity contribution >= 4 is 46.4 Å². The molecule has 0 aliphatic rings. The van der Waals surface area contributed by atoms with Crippen molar-refractivity contribution in [1.29, 1.82) is 0 Å². The molecule has 0 spiro atoms. The molecule has 6 rings (SSSR count). The first-order chi connectivity index (χ1) is 26.6. The Balaban J connectivity index is 1.19. The topological polar surface area (TPSA) is 142 Å². The maximum atomic E-state index is 13.2. The van der Waals surface area contributed by atoms with Crippen molar-refractivity contribution in [2.45, 2.75) is 41.5 Å². The Morgan fingerprint density at radius 2 is 0.821 bits per heavy atom. The van der Waals surface area contributed by atoms with Gasteiger partial charge in [0, 0.05) is 61.4 Å². The van der Waals surface area contributed by atoms with E-state index in [0.29, 0.717) is 51.1 Å². The number of hydrogen-bond donors (Lipinski definition) is 4. The molecular formula is C46H44N6O4. The van der Waals surface area contributed by atoms with Crippen molar-refractivity contribution < 1.29 is 19.2 Å². The fraction of sp³-hybridized carbons (Fsp3) is 0.174. The van der Waals surface area contributed by atoms with Crippen molar-refractivity contribution in [3.8, 4) is 33.9 Å². The number of nitrogens with zero attached hydrogens (tertiary/aromatic N) is 2. The van der Waals surface area contributed by atoms with Gasteiger partial charge in [0.05, 0.1) is 11.4 Å². The molecular weight excluding hydrogens is 701 g/mol. The lowest BCUT2D eigenvalue weighted by Crippen LogP contribution is -2.27. The van der Waals surface area contributed by atoms with Crippen molar-refractivity contribution in [2.24, 2.45) is 10.8 Å². The highest BCUT2D eigenvalue weighted by Gasteiger charge is 2.23. The van der Waals surface area contributed by atoms with Crippen LogP contribution in [0.1, 0.15) is 62.3 Å². The fourth-order valence-corrected chi connectivity index (χ4v) is 5.43. The van der Waals surface area contributed by atoms with Crippen LogP contribution in [0, 0.1) is 10.8 Å². The number of hydrogen-bond acceptors (Lipinski definition) is 6. The standard InChI is InChI=1S/C46H44N6O4/c1-45(2,3)43(55)49-36-16-10-14-32(26-36)41(53)47-34-22-18-29(19-23-34)38-28-39(52-40(51-38)31-12-8-7-9-13-31)30-20-24-35(25-21-30)48-42(54)33-15-11-17-37(27-33)50-44(56)46(4,5)6/h7-28H,1-6H3,(H,47,53)(H,48,54)(H,49,55)(H,50,56). The number of rotatable bonds is 9. The van der Waals surface area contributed by atoms with Crippen molar-refractivity contribution in [3.63, 3.8) is 0 Å². The number of anilines is 4. The van der Waals surface area contributed by atoms with E-state index >= 15 is 0 Å². The van der Waals surface area contributed by atoms with Gasteiger partial charge in [0.25, 0.3) is 11.8 Å². The number of amides is 4. The Hall–Kier alpha value is -6.94. The summed E-state index contributed by atoms with van der Waals surface area (Å²) in [6.07, 6.45) is 0. The molecule has 10 heteroatoms. The minimum Gasteiger partial charge on any atom is -0.326 e. The maximum absolute atomic E-state index is 13.2. The summed E-state index contributed by atoms with van der Waals surface area (Å²) in [6.45, 7) is 11.0. The van der Waals surface area contributed by atoms with Gasteiger partial charge in [0.15, 0.2) is 5.82 Å². The third-order valence-electron chi connectivity index (χ3n) is 8.76. The van der Waals surface area contributed by atoms with Crippen molar-refractivity contribution in [2.75, 3.05) is 21.3 Å². The maximum Gasteiger partial charge on any atom is 0.255 e. The SMILES string of the molecule is CC(C)(C)C(=O)Nc1cccc(C(=O)Nc2ccc(-c3cc(-c4ccc(NC(=O)c5cccc(NC(=O)C(C)(C)C)c5)cc4)nc(-c4ccccc4)n3)cc2)c1. The first-order valence-electron chi connectivity index (χ1n) is 18.2. The summed E-state index contributed by atoms with van der Waals surface area (Å²) in [4.78, 5) is 61.0. The summed E-state index contributed by atoms with van der Waals surface area (Å²) in [5.41, 5.74) is 5.84. The summed E-state index contributed by atoms with van der Waals surface area (Å²) in [6, 6.07) is 40.1. The molecule has 0 aliphatic carbocycles. The van der Waals surface area contributed by atoms with E-state index in [4.69, 9.17) is 9.97 Å². The monoisotopic (exact) mass is 744 g/mol. The summed E-state index contributed by atoms with van der Waals surface area (Å²) >= 11 is 0. The highest BCUT2D eigenvalue weighted by molar-refractivity contribution is 6.06. The third-order valence-corrected chi connectivity index (χ3v) is 8.76. The van der Waals surface area contributed by atoms with Crippen molar-refractivity contribution in [3.05, 3.63) is 145 Å². The minimum atomic E-state index is -0.570. The van der Waals surface area contributed by atoms with Crippen LogP contribution in [0.5, 0.6) is 0 Å². The van der Waals surface area contributed by atoms with E-state index in [1.807, 2.05) is 126 Å². The second-order valence-corrected chi connectivity index (χ2v) is 15.5. The molecule has 0 unspecified atom stereocenters. The van der Waals surface area contributed by atoms with Gasteiger partial charge in [-0.2, -0.15) is 0 Å². The number of benzene rings is 5. The van der Waals surface area contributed by atoms with E-state index in [1.54, 1.807) is 48.5 Å². The fourth-order valence-electron chi connectivity index (χ4n) is 5.43. The highest BCUT2D eigenvalue weighted by Crippen LogP contribution is 2.30. The molecule has 282 valence electrons. The molecule has 10 nitrogen and oxygen atoms in total. The molecule has 56 heavy (non-hydrogen) atoms. The number of aromatic nitrogens is 2. The Bertz CT molecular complexity index is 2250. The van der Waals surface area contributed by atoms with Crippen LogP contribution < -0.4 is 21.3 Å². The predicted octanol–water partition coefficient (Wildman–Crippen LogP) is 9.95. The first-order valence-corrected chi connectivity index (χ1v) is 18.2. The molecule has 1 heterocycles. The van der Waals surface area contributed by atoms with Crippen LogP contribution >= 0.6 is 0 Å². The highest BCUT2D eigenvalue weighted by atomic mass is 16.2. The third kappa shape index (κ3) is 9.78. The number of nitrogens with one attached hydrogen (secondary N) is 4. The van der Waals surface area contributed by atoms with E-state index in [9.17, 15) is 19.2 Å². The molecule has 0 bridgehead atoms. The Labute approximate surface area is 326 Å². The zero-order valence-corrected chi connectivity index (χ0v) is 32.2. The lowest BCUT2D eigenvalue weighted by atomic mass is 9.95. The van der Waals surface area contributed by atoms with E-state index < -0.39 is 10.8 Å². The van der Waals surface area contributed by atoms with Crippen LogP contribution in [0.3, 0.4) is 0 Å². The lowest BCUT2D eigenvalue weighted by molar-refractivity contribution is -0.123. The van der Waals surface area contributed by atoms with Gasteiger partial charge in [0.1, 0.15) is 0 Å². The summed E-state index contributed by atoms with van der Waals surface area (Å²) in [5, 5.41) is 11.6. The predicted molar refractivity (Wildman–Crippen MR) is 223 cm³/mol. The first kappa shape index (κ1) is 38.8. The van der Waals surface area contributed by atoms with Crippen LogP contribution in [0.2, 0.25) is 0 Å². The molecule has 5 aromatic carbocycles. The summed E-state index contributed by atoms with van der Waals surface area (Å²) in [5.74, 6) is -0.350. The molecule has 0 fully saturated rings. The summed E-state index contributed by atoms with van der Waals surface area (Å²) in [7, 11) is 0. The molecule has 0 atom stereocenters. The van der Waals surface area contributed by atoms with E-state index in [2.05, 4.69) is 21.3 Å². The lowest BCUT2D eigenvalue weighted by Gasteiger charge is -2.18. The zero-order valence-electron chi connectivity index (χ0n) is 32.2. The quantitative estimate of drug-likeness (QED) is 0.116. The van der Waals surface area contributed by atoms with Gasteiger partial charge >= 0.3 is 0 Å². The van der Waals surface area contributed by atoms with E-state index in [1.165, 1.54) is 0 Å². The van der Waals surface area contributed by atoms with Gasteiger partial charge < -0.3 is 21.3 Å². The van der Waals surface area contributed by atoms with Crippen LogP contribution in [0.15, 0.2) is 133 Å². The smallest absolute Gasteiger partial charge is 0.255 e. The van der Waals surface area contributed by atoms with Crippen LogP contribution in [-0.2, 0) is 9.59 Å². The number of carbonyl (C=O) groups excluding carboxylic acids is 4. The molecule has 0 saturated carbocycles. The van der Waals surface area contributed by atoms with E-state index in [0.717, 1.165) is 16.7 Å². The van der Waals surface area contributed by atoms with Gasteiger partial charge in [-0.3, -0.25) is 19.2 Å². The molecule has 0 radical (unpaired) electrons.